The van der Waals surface area contributed by atoms with Crippen LogP contribution in [0.5, 0.6) is 0 Å². The van der Waals surface area contributed by atoms with Crippen molar-refractivity contribution < 1.29 is 9.53 Å². The number of halogens is 1. The molecule has 4 heteroatoms. The third-order valence-corrected chi connectivity index (χ3v) is 4.98. The van der Waals surface area contributed by atoms with Crippen LogP contribution in [0.25, 0.3) is 0 Å². The van der Waals surface area contributed by atoms with E-state index < -0.39 is 0 Å². The molecule has 2 saturated heterocycles. The first-order valence-electron chi connectivity index (χ1n) is 6.19. The molecule has 2 rings (SSSR count). The highest BCUT2D eigenvalue weighted by molar-refractivity contribution is 9.09. The number of piperidine rings is 1. The molecule has 3 unspecified atom stereocenters. The van der Waals surface area contributed by atoms with E-state index in [0.29, 0.717) is 23.3 Å². The molecule has 0 saturated carbocycles. The minimum atomic E-state index is 0.118. The van der Waals surface area contributed by atoms with E-state index in [9.17, 15) is 4.79 Å². The van der Waals surface area contributed by atoms with Crippen LogP contribution in [0.3, 0.4) is 0 Å². The van der Waals surface area contributed by atoms with Crippen molar-refractivity contribution in [2.75, 3.05) is 26.3 Å². The normalized spacial score (nSPS) is 36.1. The fraction of sp³-hybridized carbons (Fsp3) is 0.917. The van der Waals surface area contributed by atoms with E-state index in [0.717, 1.165) is 39.0 Å². The molecule has 0 radical (unpaired) electrons. The van der Waals surface area contributed by atoms with Crippen molar-refractivity contribution in [3.63, 3.8) is 0 Å². The molecule has 0 spiro atoms. The van der Waals surface area contributed by atoms with Crippen molar-refractivity contribution in [3.8, 4) is 0 Å². The molecule has 3 nitrogen and oxygen atoms in total. The summed E-state index contributed by atoms with van der Waals surface area (Å²) in [5.41, 5.74) is 0. The molecule has 0 aromatic rings. The maximum absolute atomic E-state index is 12.2. The Kier molecular flexibility index (Phi) is 4.25. The zero-order valence-electron chi connectivity index (χ0n) is 9.82. The lowest BCUT2D eigenvalue weighted by molar-refractivity contribution is -0.141. The minimum Gasteiger partial charge on any atom is -0.381 e. The molecular formula is C12H20BrNO2. The predicted molar refractivity (Wildman–Crippen MR) is 66.6 cm³/mol. The maximum Gasteiger partial charge on any atom is 0.228 e. The number of hydrogen-bond donors (Lipinski definition) is 0. The first-order valence-corrected chi connectivity index (χ1v) is 7.10. The molecule has 0 bridgehead atoms. The quantitative estimate of drug-likeness (QED) is 0.692. The molecule has 2 fully saturated rings. The van der Waals surface area contributed by atoms with E-state index in [1.807, 2.05) is 4.90 Å². The Labute approximate surface area is 106 Å². The zero-order chi connectivity index (χ0) is 11.5. The number of carbonyl (C=O) groups is 1. The van der Waals surface area contributed by atoms with Crippen molar-refractivity contribution in [1.29, 1.82) is 0 Å². The lowest BCUT2D eigenvalue weighted by Crippen LogP contribution is -2.47. The van der Waals surface area contributed by atoms with E-state index in [1.165, 1.54) is 0 Å². The highest BCUT2D eigenvalue weighted by Gasteiger charge is 2.31. The summed E-state index contributed by atoms with van der Waals surface area (Å²) < 4.78 is 5.39. The number of likely N-dealkylation sites (tertiary alicyclic amines) is 1. The van der Waals surface area contributed by atoms with E-state index in [1.54, 1.807) is 0 Å². The van der Waals surface area contributed by atoms with Crippen molar-refractivity contribution in [3.05, 3.63) is 0 Å². The van der Waals surface area contributed by atoms with Gasteiger partial charge in [0.25, 0.3) is 0 Å². The molecule has 0 N–H and O–H groups in total. The van der Waals surface area contributed by atoms with Crippen molar-refractivity contribution >= 4 is 21.8 Å². The van der Waals surface area contributed by atoms with Crippen LogP contribution in [0.4, 0.5) is 0 Å². The van der Waals surface area contributed by atoms with Crippen LogP contribution in [-0.4, -0.2) is 41.9 Å². The first kappa shape index (κ1) is 12.4. The number of rotatable bonds is 1. The molecule has 92 valence electrons. The number of carbonyl (C=O) groups excluding carboxylic acids is 1. The van der Waals surface area contributed by atoms with Gasteiger partial charge in [0, 0.05) is 24.5 Å². The highest BCUT2D eigenvalue weighted by atomic mass is 79.9. The Balaban J connectivity index is 1.89. The van der Waals surface area contributed by atoms with Gasteiger partial charge in [0.05, 0.1) is 12.5 Å². The van der Waals surface area contributed by atoms with Gasteiger partial charge in [-0.3, -0.25) is 4.79 Å². The Morgan fingerprint density at radius 2 is 2.25 bits per heavy atom. The number of alkyl halides is 1. The van der Waals surface area contributed by atoms with Gasteiger partial charge in [-0.2, -0.15) is 0 Å². The Bertz CT molecular complexity index is 253. The summed E-state index contributed by atoms with van der Waals surface area (Å²) in [4.78, 5) is 14.8. The van der Waals surface area contributed by atoms with E-state index in [-0.39, 0.29) is 5.92 Å². The summed E-state index contributed by atoms with van der Waals surface area (Å²) in [7, 11) is 0. The Morgan fingerprint density at radius 1 is 1.44 bits per heavy atom. The topological polar surface area (TPSA) is 29.5 Å². The summed E-state index contributed by atoms with van der Waals surface area (Å²) >= 11 is 3.66. The van der Waals surface area contributed by atoms with E-state index in [2.05, 4.69) is 22.9 Å². The number of amides is 1. The molecule has 2 aliphatic heterocycles. The lowest BCUT2D eigenvalue weighted by atomic mass is 9.96. The van der Waals surface area contributed by atoms with Crippen LogP contribution in [0.2, 0.25) is 0 Å². The van der Waals surface area contributed by atoms with Gasteiger partial charge < -0.3 is 9.64 Å². The van der Waals surface area contributed by atoms with Gasteiger partial charge >= 0.3 is 0 Å². The molecule has 1 amide bonds. The summed E-state index contributed by atoms with van der Waals surface area (Å²) in [6, 6.07) is 0. The van der Waals surface area contributed by atoms with Gasteiger partial charge in [0.2, 0.25) is 5.91 Å². The fourth-order valence-electron chi connectivity index (χ4n) is 2.51. The van der Waals surface area contributed by atoms with Gasteiger partial charge in [0.1, 0.15) is 0 Å². The highest BCUT2D eigenvalue weighted by Crippen LogP contribution is 2.25. The van der Waals surface area contributed by atoms with Crippen LogP contribution < -0.4 is 0 Å². The van der Waals surface area contributed by atoms with Crippen molar-refractivity contribution in [1.82, 2.24) is 4.90 Å². The molecule has 3 atom stereocenters. The maximum atomic E-state index is 12.2. The van der Waals surface area contributed by atoms with Crippen molar-refractivity contribution in [2.45, 2.75) is 31.0 Å². The number of hydrogen-bond acceptors (Lipinski definition) is 2. The van der Waals surface area contributed by atoms with Gasteiger partial charge in [-0.25, -0.2) is 0 Å². The first-order chi connectivity index (χ1) is 7.68. The number of ether oxygens (including phenoxy) is 1. The average molecular weight is 290 g/mol. The molecule has 0 aromatic carbocycles. The van der Waals surface area contributed by atoms with E-state index >= 15 is 0 Å². The number of nitrogens with zero attached hydrogens (tertiary/aromatic N) is 1. The summed E-state index contributed by atoms with van der Waals surface area (Å²) in [5, 5.41) is 0. The van der Waals surface area contributed by atoms with Gasteiger partial charge in [-0.1, -0.05) is 22.9 Å². The zero-order valence-corrected chi connectivity index (χ0v) is 11.4. The second-order valence-electron chi connectivity index (χ2n) is 4.98. The molecule has 16 heavy (non-hydrogen) atoms. The summed E-state index contributed by atoms with van der Waals surface area (Å²) in [6.07, 6.45) is 3.10. The smallest absolute Gasteiger partial charge is 0.228 e. The van der Waals surface area contributed by atoms with Gasteiger partial charge in [-0.05, 0) is 25.2 Å². The molecule has 0 aromatic heterocycles. The third-order valence-electron chi connectivity index (χ3n) is 3.62. The van der Waals surface area contributed by atoms with Gasteiger partial charge in [-0.15, -0.1) is 0 Å². The van der Waals surface area contributed by atoms with Crippen LogP contribution in [0, 0.1) is 11.8 Å². The minimum absolute atomic E-state index is 0.118. The SMILES string of the molecule is CC1CN(C(=O)C2CCCOC2)CCC1Br. The van der Waals surface area contributed by atoms with Crippen LogP contribution in [0.15, 0.2) is 0 Å². The largest absolute Gasteiger partial charge is 0.381 e. The lowest BCUT2D eigenvalue weighted by Gasteiger charge is -2.37. The summed E-state index contributed by atoms with van der Waals surface area (Å²) in [6.45, 7) is 5.45. The predicted octanol–water partition coefficient (Wildman–Crippen LogP) is 2.04. The molecule has 2 aliphatic rings. The Morgan fingerprint density at radius 3 is 2.88 bits per heavy atom. The molecular weight excluding hydrogens is 270 g/mol. The molecule has 2 heterocycles. The standard InChI is InChI=1S/C12H20BrNO2/c1-9-7-14(5-4-11(9)13)12(15)10-3-2-6-16-8-10/h9-11H,2-8H2,1H3. The Hall–Kier alpha value is -0.0900. The fourth-order valence-corrected chi connectivity index (χ4v) is 2.88. The monoisotopic (exact) mass is 289 g/mol. The van der Waals surface area contributed by atoms with Gasteiger partial charge in [0.15, 0.2) is 0 Å². The van der Waals surface area contributed by atoms with Crippen LogP contribution >= 0.6 is 15.9 Å². The second-order valence-corrected chi connectivity index (χ2v) is 6.16. The van der Waals surface area contributed by atoms with Crippen molar-refractivity contribution in [2.24, 2.45) is 11.8 Å². The average Bonchev–Trinajstić information content (AvgIpc) is 2.33. The summed E-state index contributed by atoms with van der Waals surface area (Å²) in [5.74, 6) is 0.987. The van der Waals surface area contributed by atoms with E-state index in [4.69, 9.17) is 4.74 Å². The third kappa shape index (κ3) is 2.77. The second kappa shape index (κ2) is 5.50. The van der Waals surface area contributed by atoms with Crippen LogP contribution in [0.1, 0.15) is 26.2 Å². The van der Waals surface area contributed by atoms with Crippen LogP contribution in [-0.2, 0) is 9.53 Å². The molecule has 0 aliphatic carbocycles.